The molecule has 0 aliphatic heterocycles. The Labute approximate surface area is 70.0 Å². The van der Waals surface area contributed by atoms with E-state index in [1.165, 1.54) is 4.68 Å². The van der Waals surface area contributed by atoms with Gasteiger partial charge in [-0.3, -0.25) is 4.79 Å². The van der Waals surface area contributed by atoms with Crippen molar-refractivity contribution in [2.75, 3.05) is 0 Å². The Morgan fingerprint density at radius 2 is 2.42 bits per heavy atom. The van der Waals surface area contributed by atoms with Crippen molar-refractivity contribution in [2.24, 2.45) is 0 Å². The predicted molar refractivity (Wildman–Crippen MR) is 41.7 cm³/mol. The number of carbonyl (C=O) groups is 1. The second kappa shape index (κ2) is 3.34. The number of aliphatic carboxylic acids is 1. The molecule has 1 rings (SSSR count). The first kappa shape index (κ1) is 8.70. The summed E-state index contributed by atoms with van der Waals surface area (Å²) in [4.78, 5) is 10.3. The lowest BCUT2D eigenvalue weighted by molar-refractivity contribution is -0.137. The van der Waals surface area contributed by atoms with Gasteiger partial charge < -0.3 is 5.11 Å². The van der Waals surface area contributed by atoms with Gasteiger partial charge in [0.15, 0.2) is 0 Å². The van der Waals surface area contributed by atoms with Crippen molar-refractivity contribution in [1.29, 1.82) is 0 Å². The van der Waals surface area contributed by atoms with Gasteiger partial charge in [-0.05, 0) is 5.92 Å². The van der Waals surface area contributed by atoms with E-state index < -0.39 is 5.97 Å². The molecule has 0 saturated heterocycles. The molecule has 1 heterocycles. The maximum absolute atomic E-state index is 10.3. The van der Waals surface area contributed by atoms with Crippen LogP contribution in [-0.2, 0) is 11.3 Å². The first-order valence-corrected chi connectivity index (χ1v) is 3.71. The van der Waals surface area contributed by atoms with E-state index in [0.717, 1.165) is 5.69 Å². The highest BCUT2D eigenvalue weighted by Gasteiger charge is 2.06. The highest BCUT2D eigenvalue weighted by molar-refractivity contribution is 5.66. The predicted octanol–water partition coefficient (Wildman–Crippen LogP) is 0.486. The monoisotopic (exact) mass is 169 g/mol. The summed E-state index contributed by atoms with van der Waals surface area (Å²) in [5, 5.41) is 15.9. The van der Waals surface area contributed by atoms with Crippen molar-refractivity contribution in [3.05, 3.63) is 11.9 Å². The Balaban J connectivity index is 2.70. The summed E-state index contributed by atoms with van der Waals surface area (Å²) in [6.45, 7) is 3.84. The molecular formula is C7H11N3O2. The molecular weight excluding hydrogens is 158 g/mol. The smallest absolute Gasteiger partial charge is 0.325 e. The quantitative estimate of drug-likeness (QED) is 0.714. The highest BCUT2D eigenvalue weighted by atomic mass is 16.4. The van der Waals surface area contributed by atoms with Crippen LogP contribution >= 0.6 is 0 Å². The standard InChI is InChI=1S/C7H11N3O2/c1-5(2)6-3-10(9-8-6)4-7(11)12/h3,5H,4H2,1-2H3,(H,11,12). The van der Waals surface area contributed by atoms with Gasteiger partial charge in [0.1, 0.15) is 6.54 Å². The number of aromatic nitrogens is 3. The Bertz CT molecular complexity index is 280. The van der Waals surface area contributed by atoms with Crippen molar-refractivity contribution < 1.29 is 9.90 Å². The van der Waals surface area contributed by atoms with E-state index in [-0.39, 0.29) is 12.5 Å². The molecule has 0 atom stereocenters. The van der Waals surface area contributed by atoms with Crippen LogP contribution in [0.15, 0.2) is 6.20 Å². The molecule has 0 saturated carbocycles. The SMILES string of the molecule is CC(C)c1cn(CC(=O)O)nn1. The Kier molecular flexibility index (Phi) is 2.42. The lowest BCUT2D eigenvalue weighted by Crippen LogP contribution is -2.08. The van der Waals surface area contributed by atoms with Crippen LogP contribution in [-0.4, -0.2) is 26.1 Å². The maximum atomic E-state index is 10.3. The summed E-state index contributed by atoms with van der Waals surface area (Å²) in [6, 6.07) is 0. The van der Waals surface area contributed by atoms with Crippen LogP contribution in [0.4, 0.5) is 0 Å². The van der Waals surface area contributed by atoms with E-state index in [2.05, 4.69) is 10.3 Å². The van der Waals surface area contributed by atoms with Crippen LogP contribution in [0.1, 0.15) is 25.5 Å². The molecule has 1 aromatic heterocycles. The number of carboxylic acids is 1. The average Bonchev–Trinajstić information content (AvgIpc) is 2.34. The summed E-state index contributed by atoms with van der Waals surface area (Å²) < 4.78 is 1.32. The molecule has 0 aliphatic carbocycles. The molecule has 1 aromatic rings. The molecule has 0 aliphatic rings. The van der Waals surface area contributed by atoms with Gasteiger partial charge in [-0.1, -0.05) is 19.1 Å². The largest absolute Gasteiger partial charge is 0.480 e. The van der Waals surface area contributed by atoms with Crippen LogP contribution in [0, 0.1) is 0 Å². The molecule has 0 unspecified atom stereocenters. The van der Waals surface area contributed by atoms with E-state index in [9.17, 15) is 4.79 Å². The molecule has 5 nitrogen and oxygen atoms in total. The van der Waals surface area contributed by atoms with Gasteiger partial charge in [-0.25, -0.2) is 4.68 Å². The molecule has 0 amide bonds. The van der Waals surface area contributed by atoms with Crippen molar-refractivity contribution in [3.63, 3.8) is 0 Å². The summed E-state index contributed by atoms with van der Waals surface area (Å²) >= 11 is 0. The third-order valence-electron chi connectivity index (χ3n) is 1.45. The highest BCUT2D eigenvalue weighted by Crippen LogP contribution is 2.08. The van der Waals surface area contributed by atoms with Crippen LogP contribution in [0.3, 0.4) is 0 Å². The van der Waals surface area contributed by atoms with Crippen molar-refractivity contribution >= 4 is 5.97 Å². The van der Waals surface area contributed by atoms with Gasteiger partial charge in [0, 0.05) is 6.20 Å². The molecule has 0 aromatic carbocycles. The zero-order valence-electron chi connectivity index (χ0n) is 7.06. The third kappa shape index (κ3) is 2.05. The van der Waals surface area contributed by atoms with E-state index in [1.807, 2.05) is 13.8 Å². The fourth-order valence-corrected chi connectivity index (χ4v) is 0.794. The molecule has 0 radical (unpaired) electrons. The van der Waals surface area contributed by atoms with Gasteiger partial charge in [-0.2, -0.15) is 0 Å². The summed E-state index contributed by atoms with van der Waals surface area (Å²) in [6.07, 6.45) is 1.65. The first-order valence-electron chi connectivity index (χ1n) is 3.71. The Morgan fingerprint density at radius 3 is 2.83 bits per heavy atom. The second-order valence-electron chi connectivity index (χ2n) is 2.89. The van der Waals surface area contributed by atoms with Crippen LogP contribution < -0.4 is 0 Å². The maximum Gasteiger partial charge on any atom is 0.325 e. The fourth-order valence-electron chi connectivity index (χ4n) is 0.794. The first-order chi connectivity index (χ1) is 5.59. The Morgan fingerprint density at radius 1 is 1.75 bits per heavy atom. The van der Waals surface area contributed by atoms with E-state index in [4.69, 9.17) is 5.11 Å². The Hall–Kier alpha value is -1.39. The number of nitrogens with zero attached hydrogens (tertiary/aromatic N) is 3. The minimum Gasteiger partial charge on any atom is -0.480 e. The van der Waals surface area contributed by atoms with Gasteiger partial charge in [0.05, 0.1) is 5.69 Å². The number of hydrogen-bond acceptors (Lipinski definition) is 3. The lowest BCUT2D eigenvalue weighted by atomic mass is 10.2. The van der Waals surface area contributed by atoms with Crippen molar-refractivity contribution in [3.8, 4) is 0 Å². The molecule has 0 bridgehead atoms. The second-order valence-corrected chi connectivity index (χ2v) is 2.89. The van der Waals surface area contributed by atoms with Gasteiger partial charge in [0.2, 0.25) is 0 Å². The van der Waals surface area contributed by atoms with E-state index >= 15 is 0 Å². The fraction of sp³-hybridized carbons (Fsp3) is 0.571. The molecule has 66 valence electrons. The van der Waals surface area contributed by atoms with Crippen LogP contribution in [0.2, 0.25) is 0 Å². The van der Waals surface area contributed by atoms with Crippen molar-refractivity contribution in [1.82, 2.24) is 15.0 Å². The average molecular weight is 169 g/mol. The third-order valence-corrected chi connectivity index (χ3v) is 1.45. The molecule has 1 N–H and O–H groups in total. The van der Waals surface area contributed by atoms with E-state index in [1.54, 1.807) is 6.20 Å². The lowest BCUT2D eigenvalue weighted by Gasteiger charge is -1.94. The minimum absolute atomic E-state index is 0.125. The number of rotatable bonds is 3. The van der Waals surface area contributed by atoms with E-state index in [0.29, 0.717) is 0 Å². The number of carboxylic acid groups (broad SMARTS) is 1. The zero-order chi connectivity index (χ0) is 9.14. The normalized spacial score (nSPS) is 10.6. The van der Waals surface area contributed by atoms with Crippen molar-refractivity contribution in [2.45, 2.75) is 26.3 Å². The minimum atomic E-state index is -0.907. The molecule has 0 fully saturated rings. The van der Waals surface area contributed by atoms with Gasteiger partial charge >= 0.3 is 5.97 Å². The summed E-state index contributed by atoms with van der Waals surface area (Å²) in [5.74, 6) is -0.622. The summed E-state index contributed by atoms with van der Waals surface area (Å²) in [7, 11) is 0. The van der Waals surface area contributed by atoms with Gasteiger partial charge in [-0.15, -0.1) is 5.10 Å². The topological polar surface area (TPSA) is 68.0 Å². The van der Waals surface area contributed by atoms with Crippen LogP contribution in [0.25, 0.3) is 0 Å². The zero-order valence-corrected chi connectivity index (χ0v) is 7.06. The number of hydrogen-bond donors (Lipinski definition) is 1. The van der Waals surface area contributed by atoms with Crippen LogP contribution in [0.5, 0.6) is 0 Å². The molecule has 5 heteroatoms. The molecule has 12 heavy (non-hydrogen) atoms. The van der Waals surface area contributed by atoms with Gasteiger partial charge in [0.25, 0.3) is 0 Å². The molecule has 0 spiro atoms. The summed E-state index contributed by atoms with van der Waals surface area (Å²) in [5.41, 5.74) is 0.816.